The molecule has 1 saturated carbocycles. The molecule has 0 aliphatic heterocycles. The number of hydrogen-bond acceptors (Lipinski definition) is 4. The lowest BCUT2D eigenvalue weighted by atomic mass is 9.72. The maximum Gasteiger partial charge on any atom is 0.278 e. The number of benzene rings is 2. The molecule has 4 aromatic rings. The second-order valence-corrected chi connectivity index (χ2v) is 7.40. The van der Waals surface area contributed by atoms with Crippen LogP contribution in [0.4, 0.5) is 0 Å². The summed E-state index contributed by atoms with van der Waals surface area (Å²) in [5.74, 6) is 0. The smallest absolute Gasteiger partial charge is 0.278 e. The molecule has 0 unspecified atom stereocenters. The molecule has 138 valence electrons. The maximum atomic E-state index is 12.2. The quantitative estimate of drug-likeness (QED) is 0.579. The molecule has 2 aromatic carbocycles. The zero-order chi connectivity index (χ0) is 19.1. The molecule has 0 spiro atoms. The second-order valence-electron chi connectivity index (χ2n) is 7.40. The fourth-order valence-electron chi connectivity index (χ4n) is 3.76. The minimum Gasteiger partial charge on any atom is -0.349 e. The van der Waals surface area contributed by atoms with Crippen LogP contribution in [-0.2, 0) is 5.54 Å². The third-order valence-corrected chi connectivity index (χ3v) is 5.60. The number of hydrogen-bond donors (Lipinski definition) is 2. The van der Waals surface area contributed by atoms with Gasteiger partial charge >= 0.3 is 0 Å². The van der Waals surface area contributed by atoms with E-state index in [0.29, 0.717) is 11.3 Å². The summed E-state index contributed by atoms with van der Waals surface area (Å²) in [6.45, 7) is 0. The van der Waals surface area contributed by atoms with Crippen LogP contribution in [0.25, 0.3) is 33.7 Å². The second kappa shape index (κ2) is 6.35. The molecule has 6 nitrogen and oxygen atoms in total. The van der Waals surface area contributed by atoms with E-state index >= 15 is 0 Å². The first-order valence-electron chi connectivity index (χ1n) is 9.41. The van der Waals surface area contributed by atoms with Gasteiger partial charge < -0.3 is 10.7 Å². The average Bonchev–Trinajstić information content (AvgIpc) is 2.72. The Morgan fingerprint density at radius 1 is 0.893 bits per heavy atom. The summed E-state index contributed by atoms with van der Waals surface area (Å²) < 4.78 is 0. The van der Waals surface area contributed by atoms with E-state index in [0.717, 1.165) is 29.7 Å². The average molecular weight is 370 g/mol. The van der Waals surface area contributed by atoms with Crippen LogP contribution in [0.5, 0.6) is 0 Å². The van der Waals surface area contributed by atoms with Gasteiger partial charge in [0.25, 0.3) is 5.56 Å². The van der Waals surface area contributed by atoms with E-state index < -0.39 is 0 Å². The van der Waals surface area contributed by atoms with E-state index in [1.165, 1.54) is 18.3 Å². The van der Waals surface area contributed by atoms with Crippen LogP contribution >= 0.6 is 0 Å². The zero-order valence-corrected chi connectivity index (χ0v) is 15.4. The molecule has 5 rings (SSSR count). The van der Waals surface area contributed by atoms with Crippen molar-refractivity contribution in [1.29, 1.82) is 0 Å². The van der Waals surface area contributed by atoms with Crippen molar-refractivity contribution in [2.45, 2.75) is 24.8 Å². The molecule has 6 heteroatoms. The van der Waals surface area contributed by atoms with Gasteiger partial charge in [-0.05, 0) is 6.42 Å². The van der Waals surface area contributed by atoms with Crippen LogP contribution in [-0.4, -0.2) is 19.9 Å². The van der Waals surface area contributed by atoms with Gasteiger partial charge in [-0.2, -0.15) is 0 Å². The topological polar surface area (TPSA) is 99.2 Å². The minimum absolute atomic E-state index is 0.0463. The van der Waals surface area contributed by atoms with Crippen molar-refractivity contribution >= 4 is 11.2 Å². The summed E-state index contributed by atoms with van der Waals surface area (Å²) in [6.07, 6.45) is 4.85. The van der Waals surface area contributed by atoms with Crippen LogP contribution < -0.4 is 11.3 Å². The summed E-state index contributed by atoms with van der Waals surface area (Å²) in [4.78, 5) is 28.3. The highest BCUT2D eigenvalue weighted by atomic mass is 16.1. The molecule has 2 aromatic heterocycles. The van der Waals surface area contributed by atoms with Gasteiger partial charge in [0.1, 0.15) is 5.54 Å². The van der Waals surface area contributed by atoms with E-state index in [-0.39, 0.29) is 16.6 Å². The largest absolute Gasteiger partial charge is 0.349 e. The molecule has 4 N–H and O–H groups in total. The number of nitrogens with zero attached hydrogens (tertiary/aromatic N) is 3. The highest BCUT2D eigenvalue weighted by Crippen LogP contribution is 2.38. The lowest BCUT2D eigenvalue weighted by Gasteiger charge is -2.34. The standard InChI is InChI=1S/C22H19N5O/c23-22(11-4-12-22)16-9-7-15(8-10-16)18-17(14-5-2-1-3-6-14)26-19-20(27-18)24-13-25-21(19)28/h1-3,5-10,13H,4,11-12,23H2,(H,24,25,27,28)/p+1. The Balaban J connectivity index is 1.70. The van der Waals surface area contributed by atoms with Crippen molar-refractivity contribution in [1.82, 2.24) is 19.9 Å². The number of fused-ring (bicyclic) bond motifs is 1. The molecule has 1 fully saturated rings. The first-order chi connectivity index (χ1) is 13.6. The summed E-state index contributed by atoms with van der Waals surface area (Å²) in [7, 11) is 0. The molecule has 1 aliphatic rings. The molecule has 0 amide bonds. The van der Waals surface area contributed by atoms with Gasteiger partial charge in [0.15, 0.2) is 11.2 Å². The number of quaternary nitrogens is 1. The monoisotopic (exact) mass is 370 g/mol. The maximum absolute atomic E-state index is 12.2. The van der Waals surface area contributed by atoms with E-state index in [1.807, 2.05) is 30.3 Å². The van der Waals surface area contributed by atoms with Gasteiger partial charge in [-0.25, -0.2) is 15.0 Å². The molecule has 0 radical (unpaired) electrons. The van der Waals surface area contributed by atoms with Gasteiger partial charge in [0.2, 0.25) is 0 Å². The van der Waals surface area contributed by atoms with E-state index in [9.17, 15) is 4.79 Å². The van der Waals surface area contributed by atoms with Crippen LogP contribution in [0.1, 0.15) is 24.8 Å². The van der Waals surface area contributed by atoms with Gasteiger partial charge in [-0.1, -0.05) is 54.6 Å². The lowest BCUT2D eigenvalue weighted by molar-refractivity contribution is -0.509. The third kappa shape index (κ3) is 2.70. The normalized spacial score (nSPS) is 15.3. The summed E-state index contributed by atoms with van der Waals surface area (Å²) in [6, 6.07) is 18.2. The molecular formula is C22H20N5O+. The van der Waals surface area contributed by atoms with Crippen molar-refractivity contribution < 1.29 is 5.73 Å². The molecule has 28 heavy (non-hydrogen) atoms. The zero-order valence-electron chi connectivity index (χ0n) is 15.4. The van der Waals surface area contributed by atoms with Crippen molar-refractivity contribution in [3.05, 3.63) is 76.8 Å². The van der Waals surface area contributed by atoms with Crippen molar-refractivity contribution in [3.8, 4) is 22.5 Å². The predicted octanol–water partition coefficient (Wildman–Crippen LogP) is 2.67. The number of nitrogens with one attached hydrogen (secondary N) is 1. The summed E-state index contributed by atoms with van der Waals surface area (Å²) in [5, 5.41) is 0. The van der Waals surface area contributed by atoms with Crippen LogP contribution in [0.2, 0.25) is 0 Å². The fourth-order valence-corrected chi connectivity index (χ4v) is 3.76. The Hall–Kier alpha value is -3.38. The molecule has 0 bridgehead atoms. The SMILES string of the molecule is [NH3+]C1(c2ccc(-c3nc4nc[nH]c(=O)c4nc3-c3ccccc3)cc2)CCC1. The van der Waals surface area contributed by atoms with Gasteiger partial charge in [-0.15, -0.1) is 0 Å². The number of aromatic amines is 1. The van der Waals surface area contributed by atoms with Gasteiger partial charge in [0, 0.05) is 29.5 Å². The molecule has 0 atom stereocenters. The Labute approximate surface area is 161 Å². The van der Waals surface area contributed by atoms with Gasteiger partial charge in [0.05, 0.1) is 17.7 Å². The minimum atomic E-state index is -0.291. The van der Waals surface area contributed by atoms with Gasteiger partial charge in [-0.3, -0.25) is 4.79 Å². The van der Waals surface area contributed by atoms with Crippen molar-refractivity contribution in [2.24, 2.45) is 0 Å². The molecule has 2 heterocycles. The number of H-pyrrole nitrogens is 1. The molecule has 1 aliphatic carbocycles. The number of rotatable bonds is 3. The highest BCUT2D eigenvalue weighted by molar-refractivity contribution is 5.84. The molecule has 0 saturated heterocycles. The Morgan fingerprint density at radius 3 is 2.25 bits per heavy atom. The summed E-state index contributed by atoms with van der Waals surface area (Å²) >= 11 is 0. The van der Waals surface area contributed by atoms with E-state index in [1.54, 1.807) is 0 Å². The fraction of sp³-hybridized carbons (Fsp3) is 0.182. The van der Waals surface area contributed by atoms with E-state index in [4.69, 9.17) is 4.98 Å². The Morgan fingerprint density at radius 2 is 1.57 bits per heavy atom. The van der Waals surface area contributed by atoms with Crippen LogP contribution in [0.3, 0.4) is 0 Å². The summed E-state index contributed by atoms with van der Waals surface area (Å²) in [5.41, 5.74) is 9.23. The van der Waals surface area contributed by atoms with Crippen molar-refractivity contribution in [2.75, 3.05) is 0 Å². The van der Waals surface area contributed by atoms with Crippen LogP contribution in [0, 0.1) is 0 Å². The Kier molecular flexibility index (Phi) is 3.80. The number of aromatic nitrogens is 4. The lowest BCUT2D eigenvalue weighted by Crippen LogP contribution is -2.73. The first kappa shape index (κ1) is 16.8. The van der Waals surface area contributed by atoms with E-state index in [2.05, 4.69) is 45.0 Å². The molecular weight excluding hydrogens is 350 g/mol. The van der Waals surface area contributed by atoms with Crippen LogP contribution in [0.15, 0.2) is 65.7 Å². The third-order valence-electron chi connectivity index (χ3n) is 5.60. The first-order valence-corrected chi connectivity index (χ1v) is 9.41. The Bertz CT molecular complexity index is 1210. The van der Waals surface area contributed by atoms with Crippen molar-refractivity contribution in [3.63, 3.8) is 0 Å². The predicted molar refractivity (Wildman–Crippen MR) is 107 cm³/mol. The highest BCUT2D eigenvalue weighted by Gasteiger charge is 2.38.